The maximum atomic E-state index is 13.0. The van der Waals surface area contributed by atoms with E-state index in [9.17, 15) is 4.79 Å². The minimum atomic E-state index is 0.175. The summed E-state index contributed by atoms with van der Waals surface area (Å²) < 4.78 is 7.81. The average Bonchev–Trinajstić information content (AvgIpc) is 3.34. The molecule has 138 valence electrons. The molecule has 6 nitrogen and oxygen atoms in total. The van der Waals surface area contributed by atoms with Crippen LogP contribution in [0.3, 0.4) is 0 Å². The number of hydrogen-bond donors (Lipinski definition) is 0. The molecule has 1 saturated heterocycles. The molecule has 2 fully saturated rings. The smallest absolute Gasteiger partial charge is 0.226 e. The highest BCUT2D eigenvalue weighted by Crippen LogP contribution is 2.35. The number of rotatable bonds is 5. The fourth-order valence-corrected chi connectivity index (χ4v) is 4.36. The van der Waals surface area contributed by atoms with E-state index in [0.717, 1.165) is 50.6 Å². The molecule has 1 aliphatic carbocycles. The lowest BCUT2D eigenvalue weighted by Crippen LogP contribution is -2.45. The van der Waals surface area contributed by atoms with Crippen molar-refractivity contribution in [3.63, 3.8) is 0 Å². The second-order valence-electron chi connectivity index (χ2n) is 8.12. The van der Waals surface area contributed by atoms with Crippen LogP contribution in [0.4, 0.5) is 0 Å². The maximum Gasteiger partial charge on any atom is 0.226 e. The predicted octanol–water partition coefficient (Wildman–Crippen LogP) is 1.71. The lowest BCUT2D eigenvalue weighted by Gasteiger charge is -2.37. The molecule has 0 radical (unpaired) electrons. The van der Waals surface area contributed by atoms with Crippen LogP contribution in [0.15, 0.2) is 6.33 Å². The zero-order valence-corrected chi connectivity index (χ0v) is 15.5. The van der Waals surface area contributed by atoms with Gasteiger partial charge < -0.3 is 19.1 Å². The van der Waals surface area contributed by atoms with Crippen LogP contribution in [-0.2, 0) is 22.6 Å². The molecule has 2 aliphatic heterocycles. The van der Waals surface area contributed by atoms with E-state index in [-0.39, 0.29) is 11.8 Å². The monoisotopic (exact) mass is 346 g/mol. The number of nitrogens with zero attached hydrogens (tertiary/aromatic N) is 4. The van der Waals surface area contributed by atoms with Gasteiger partial charge in [0.15, 0.2) is 0 Å². The molecule has 0 bridgehead atoms. The Hall–Kier alpha value is -1.40. The number of ether oxygens (including phenoxy) is 1. The molecule has 1 unspecified atom stereocenters. The molecule has 1 aromatic rings. The fourth-order valence-electron chi connectivity index (χ4n) is 4.36. The van der Waals surface area contributed by atoms with Gasteiger partial charge in [0.05, 0.1) is 25.2 Å². The summed E-state index contributed by atoms with van der Waals surface area (Å²) in [6.45, 7) is 5.20. The van der Waals surface area contributed by atoms with Crippen molar-refractivity contribution in [2.24, 2.45) is 11.8 Å². The quantitative estimate of drug-likeness (QED) is 0.814. The van der Waals surface area contributed by atoms with Gasteiger partial charge in [0.2, 0.25) is 5.91 Å². The van der Waals surface area contributed by atoms with Crippen molar-refractivity contribution < 1.29 is 9.53 Å². The van der Waals surface area contributed by atoms with E-state index in [4.69, 9.17) is 4.74 Å². The largest absolute Gasteiger partial charge is 0.384 e. The van der Waals surface area contributed by atoms with Crippen molar-refractivity contribution in [1.29, 1.82) is 0 Å². The molecule has 4 rings (SSSR count). The molecule has 0 N–H and O–H groups in total. The molecule has 1 saturated carbocycles. The molecule has 1 aromatic heterocycles. The molecule has 25 heavy (non-hydrogen) atoms. The number of aromatic nitrogens is 2. The number of carbonyl (C=O) groups is 1. The third kappa shape index (κ3) is 3.60. The van der Waals surface area contributed by atoms with Gasteiger partial charge in [-0.15, -0.1) is 0 Å². The number of likely N-dealkylation sites (tertiary alicyclic amines) is 1. The first-order valence-corrected chi connectivity index (χ1v) is 9.66. The van der Waals surface area contributed by atoms with E-state index in [1.54, 1.807) is 7.11 Å². The molecule has 6 heteroatoms. The van der Waals surface area contributed by atoms with Crippen molar-refractivity contribution in [3.8, 4) is 0 Å². The number of carbonyl (C=O) groups excluding carboxylic acids is 1. The van der Waals surface area contributed by atoms with E-state index >= 15 is 0 Å². The highest BCUT2D eigenvalue weighted by Gasteiger charge is 2.36. The highest BCUT2D eigenvalue weighted by atomic mass is 16.5. The third-order valence-corrected chi connectivity index (χ3v) is 6.03. The standard InChI is InChI=1S/C19H30N4O2/c1-21-7-5-15(6-8-21)19(24)22-10-16(12-25-2)18-17(11-22)20-13-23(18)9-14-3-4-14/h13-16H,3-12H2,1-2H3. The van der Waals surface area contributed by atoms with Gasteiger partial charge >= 0.3 is 0 Å². The van der Waals surface area contributed by atoms with Crippen molar-refractivity contribution in [2.45, 2.75) is 44.7 Å². The van der Waals surface area contributed by atoms with Crippen LogP contribution < -0.4 is 0 Å². The summed E-state index contributed by atoms with van der Waals surface area (Å²) in [5.74, 6) is 1.55. The van der Waals surface area contributed by atoms with Crippen molar-refractivity contribution in [3.05, 3.63) is 17.7 Å². The maximum absolute atomic E-state index is 13.0. The Kier molecular flexibility index (Phi) is 4.82. The van der Waals surface area contributed by atoms with Gasteiger partial charge in [-0.3, -0.25) is 4.79 Å². The van der Waals surface area contributed by atoms with Gasteiger partial charge in [-0.05, 0) is 51.7 Å². The summed E-state index contributed by atoms with van der Waals surface area (Å²) in [6.07, 6.45) is 6.61. The van der Waals surface area contributed by atoms with E-state index in [1.807, 2.05) is 11.2 Å². The number of methoxy groups -OCH3 is 1. The molecule has 1 atom stereocenters. The van der Waals surface area contributed by atoms with Gasteiger partial charge in [0.25, 0.3) is 0 Å². The first-order valence-electron chi connectivity index (χ1n) is 9.66. The van der Waals surface area contributed by atoms with E-state index in [2.05, 4.69) is 21.5 Å². The zero-order chi connectivity index (χ0) is 17.4. The Bertz CT molecular complexity index is 617. The fraction of sp³-hybridized carbons (Fsp3) is 0.789. The topological polar surface area (TPSA) is 50.6 Å². The second kappa shape index (κ2) is 7.08. The Morgan fingerprint density at radius 2 is 2.04 bits per heavy atom. The highest BCUT2D eigenvalue weighted by molar-refractivity contribution is 5.79. The van der Waals surface area contributed by atoms with Crippen molar-refractivity contribution >= 4 is 5.91 Å². The van der Waals surface area contributed by atoms with Crippen molar-refractivity contribution in [1.82, 2.24) is 19.4 Å². The molecule has 0 spiro atoms. The lowest BCUT2D eigenvalue weighted by atomic mass is 9.92. The van der Waals surface area contributed by atoms with Gasteiger partial charge in [0, 0.05) is 37.7 Å². The number of imidazole rings is 1. The number of amides is 1. The summed E-state index contributed by atoms with van der Waals surface area (Å²) in [4.78, 5) is 22.1. The number of fused-ring (bicyclic) bond motifs is 1. The van der Waals surface area contributed by atoms with Crippen LogP contribution in [-0.4, -0.2) is 65.7 Å². The van der Waals surface area contributed by atoms with Crippen LogP contribution in [0.1, 0.15) is 43.0 Å². The second-order valence-corrected chi connectivity index (χ2v) is 8.12. The Labute approximate surface area is 150 Å². The Balaban J connectivity index is 1.50. The van der Waals surface area contributed by atoms with Gasteiger partial charge in [0.1, 0.15) is 0 Å². The SMILES string of the molecule is COCC1CN(C(=O)C2CCN(C)CC2)Cc2ncn(CC3CC3)c21. The van der Waals surface area contributed by atoms with Crippen LogP contribution in [0.25, 0.3) is 0 Å². The number of piperidine rings is 1. The van der Waals surface area contributed by atoms with Crippen LogP contribution in [0.5, 0.6) is 0 Å². The summed E-state index contributed by atoms with van der Waals surface area (Å²) in [7, 11) is 3.88. The van der Waals surface area contributed by atoms with Crippen LogP contribution in [0.2, 0.25) is 0 Å². The molecule has 3 heterocycles. The molecular weight excluding hydrogens is 316 g/mol. The lowest BCUT2D eigenvalue weighted by molar-refractivity contribution is -0.138. The van der Waals surface area contributed by atoms with Crippen LogP contribution >= 0.6 is 0 Å². The van der Waals surface area contributed by atoms with E-state index in [0.29, 0.717) is 19.1 Å². The first kappa shape index (κ1) is 17.0. The molecule has 0 aromatic carbocycles. The average molecular weight is 346 g/mol. The zero-order valence-electron chi connectivity index (χ0n) is 15.5. The van der Waals surface area contributed by atoms with Gasteiger partial charge in [-0.25, -0.2) is 4.98 Å². The summed E-state index contributed by atoms with van der Waals surface area (Å²) in [5.41, 5.74) is 2.39. The predicted molar refractivity (Wildman–Crippen MR) is 95.2 cm³/mol. The summed E-state index contributed by atoms with van der Waals surface area (Å²) >= 11 is 0. The third-order valence-electron chi connectivity index (χ3n) is 6.03. The van der Waals surface area contributed by atoms with Gasteiger partial charge in [-0.1, -0.05) is 0 Å². The molecule has 3 aliphatic rings. The van der Waals surface area contributed by atoms with E-state index in [1.165, 1.54) is 18.5 Å². The van der Waals surface area contributed by atoms with Crippen LogP contribution in [0, 0.1) is 11.8 Å². The molecular formula is C19H30N4O2. The first-order chi connectivity index (χ1) is 12.2. The Morgan fingerprint density at radius 1 is 1.28 bits per heavy atom. The summed E-state index contributed by atoms with van der Waals surface area (Å²) in [5, 5.41) is 0. The number of hydrogen-bond acceptors (Lipinski definition) is 4. The van der Waals surface area contributed by atoms with E-state index < -0.39 is 0 Å². The van der Waals surface area contributed by atoms with Gasteiger partial charge in [-0.2, -0.15) is 0 Å². The normalized spacial score (nSPS) is 25.2. The summed E-state index contributed by atoms with van der Waals surface area (Å²) in [6, 6.07) is 0. The minimum Gasteiger partial charge on any atom is -0.384 e. The Morgan fingerprint density at radius 3 is 2.72 bits per heavy atom. The molecule has 1 amide bonds. The minimum absolute atomic E-state index is 0.175. The van der Waals surface area contributed by atoms with Crippen molar-refractivity contribution in [2.75, 3.05) is 40.4 Å².